The Labute approximate surface area is 146 Å². The molecule has 0 saturated heterocycles. The van der Waals surface area contributed by atoms with Gasteiger partial charge in [0.15, 0.2) is 0 Å². The van der Waals surface area contributed by atoms with Crippen molar-refractivity contribution >= 4 is 42.1 Å². The van der Waals surface area contributed by atoms with Gasteiger partial charge >= 0.3 is 0 Å². The number of nitrogens with two attached hydrogens (primary N) is 1. The van der Waals surface area contributed by atoms with Gasteiger partial charge in [-0.3, -0.25) is 9.78 Å². The van der Waals surface area contributed by atoms with Crippen LogP contribution in [0.15, 0.2) is 29.9 Å². The molecule has 0 fully saturated rings. The topological polar surface area (TPSA) is 80.9 Å². The molecule has 0 aromatic carbocycles. The molecule has 0 spiro atoms. The summed E-state index contributed by atoms with van der Waals surface area (Å²) in [6.07, 6.45) is 4.58. The van der Waals surface area contributed by atoms with E-state index in [4.69, 9.17) is 5.73 Å². The Bertz CT molecular complexity index is 563. The second-order valence-corrected chi connectivity index (χ2v) is 5.54. The third-order valence-electron chi connectivity index (χ3n) is 2.72. The molecule has 122 valence electrons. The first-order valence-corrected chi connectivity index (χ1v) is 7.40. The van der Waals surface area contributed by atoms with Crippen molar-refractivity contribution in [1.29, 1.82) is 0 Å². The molecule has 0 aliphatic rings. The van der Waals surface area contributed by atoms with E-state index >= 15 is 0 Å². The van der Waals surface area contributed by atoms with Gasteiger partial charge in [0.25, 0.3) is 0 Å². The van der Waals surface area contributed by atoms with Gasteiger partial charge in [-0.15, -0.1) is 36.2 Å². The van der Waals surface area contributed by atoms with Gasteiger partial charge in [-0.05, 0) is 25.5 Å². The number of amides is 1. The van der Waals surface area contributed by atoms with Crippen LogP contribution in [0.4, 0.5) is 0 Å². The molecule has 22 heavy (non-hydrogen) atoms. The van der Waals surface area contributed by atoms with Crippen LogP contribution in [-0.4, -0.2) is 28.5 Å². The Kier molecular flexibility index (Phi) is 9.93. The van der Waals surface area contributed by atoms with E-state index in [0.717, 1.165) is 22.7 Å². The molecular formula is C14H20Cl2N4OS. The van der Waals surface area contributed by atoms with Gasteiger partial charge < -0.3 is 11.1 Å². The van der Waals surface area contributed by atoms with E-state index in [1.54, 1.807) is 12.4 Å². The second-order valence-electron chi connectivity index (χ2n) is 4.68. The molecule has 2 heterocycles. The smallest absolute Gasteiger partial charge is 0.226 e. The monoisotopic (exact) mass is 362 g/mol. The Balaban J connectivity index is 0.00000220. The number of carbonyl (C=O) groups is 1. The lowest BCUT2D eigenvalue weighted by atomic mass is 10.2. The second kappa shape index (κ2) is 10.5. The van der Waals surface area contributed by atoms with Crippen molar-refractivity contribution in [2.24, 2.45) is 5.73 Å². The zero-order valence-electron chi connectivity index (χ0n) is 12.2. The van der Waals surface area contributed by atoms with Gasteiger partial charge in [-0.2, -0.15) is 0 Å². The molecule has 2 rings (SSSR count). The highest BCUT2D eigenvalue weighted by Gasteiger charge is 2.09. The van der Waals surface area contributed by atoms with Gasteiger partial charge in [0, 0.05) is 35.9 Å². The van der Waals surface area contributed by atoms with E-state index in [-0.39, 0.29) is 36.8 Å². The lowest BCUT2D eigenvalue weighted by Gasteiger charge is -2.06. The van der Waals surface area contributed by atoms with Crippen molar-refractivity contribution in [3.05, 3.63) is 35.6 Å². The summed E-state index contributed by atoms with van der Waals surface area (Å²) in [7, 11) is 0. The van der Waals surface area contributed by atoms with E-state index < -0.39 is 0 Å². The summed E-state index contributed by atoms with van der Waals surface area (Å²) in [6, 6.07) is 3.93. The summed E-state index contributed by atoms with van der Waals surface area (Å²) in [6.45, 7) is 2.53. The largest absolute Gasteiger partial charge is 0.356 e. The normalized spacial score (nSPS) is 11.0. The Hall–Kier alpha value is -1.21. The van der Waals surface area contributed by atoms with E-state index in [1.807, 2.05) is 24.4 Å². The van der Waals surface area contributed by atoms with Crippen molar-refractivity contribution in [1.82, 2.24) is 15.3 Å². The first-order valence-electron chi connectivity index (χ1n) is 6.52. The van der Waals surface area contributed by atoms with Crippen molar-refractivity contribution in [3.63, 3.8) is 0 Å². The van der Waals surface area contributed by atoms with Crippen LogP contribution in [0, 0.1) is 0 Å². The van der Waals surface area contributed by atoms with Gasteiger partial charge in [0.05, 0.1) is 12.1 Å². The highest BCUT2D eigenvalue weighted by Crippen LogP contribution is 2.22. The number of halogens is 2. The first kappa shape index (κ1) is 20.8. The van der Waals surface area contributed by atoms with Crippen LogP contribution >= 0.6 is 36.2 Å². The Morgan fingerprint density at radius 3 is 2.86 bits per heavy atom. The summed E-state index contributed by atoms with van der Waals surface area (Å²) in [5.74, 6) is -0.0197. The molecule has 0 radical (unpaired) electrons. The molecule has 1 amide bonds. The fourth-order valence-electron chi connectivity index (χ4n) is 1.68. The number of aromatic nitrogens is 2. The van der Waals surface area contributed by atoms with Gasteiger partial charge in [0.2, 0.25) is 5.91 Å². The predicted octanol–water partition coefficient (Wildman–Crippen LogP) is 2.44. The molecule has 0 saturated carbocycles. The van der Waals surface area contributed by atoms with Crippen molar-refractivity contribution < 1.29 is 4.79 Å². The van der Waals surface area contributed by atoms with Gasteiger partial charge in [0.1, 0.15) is 5.01 Å². The highest BCUT2D eigenvalue weighted by atomic mass is 35.5. The molecule has 2 aromatic heterocycles. The van der Waals surface area contributed by atoms with Crippen LogP contribution in [0.5, 0.6) is 0 Å². The average molecular weight is 363 g/mol. The molecule has 8 heteroatoms. The van der Waals surface area contributed by atoms with Crippen LogP contribution in [-0.2, 0) is 11.2 Å². The molecule has 3 N–H and O–H groups in total. The molecule has 0 aliphatic heterocycles. The summed E-state index contributed by atoms with van der Waals surface area (Å²) in [5.41, 5.74) is 7.39. The number of hydrogen-bond acceptors (Lipinski definition) is 5. The molecule has 1 atom stereocenters. The summed E-state index contributed by atoms with van der Waals surface area (Å²) in [4.78, 5) is 20.3. The maximum atomic E-state index is 11.7. The summed E-state index contributed by atoms with van der Waals surface area (Å²) in [5, 5.41) is 5.64. The van der Waals surface area contributed by atoms with Gasteiger partial charge in [-0.1, -0.05) is 0 Å². The fraction of sp³-hybridized carbons (Fsp3) is 0.357. The summed E-state index contributed by atoms with van der Waals surface area (Å²) >= 11 is 1.52. The van der Waals surface area contributed by atoms with E-state index in [1.165, 1.54) is 11.3 Å². The van der Waals surface area contributed by atoms with E-state index in [0.29, 0.717) is 13.0 Å². The minimum absolute atomic E-state index is 0. The minimum atomic E-state index is -0.0197. The fourth-order valence-corrected chi connectivity index (χ4v) is 2.49. The number of carbonyl (C=O) groups excluding carboxylic acids is 1. The van der Waals surface area contributed by atoms with Crippen LogP contribution in [0.3, 0.4) is 0 Å². The van der Waals surface area contributed by atoms with E-state index in [9.17, 15) is 4.79 Å². The van der Waals surface area contributed by atoms with Crippen LogP contribution in [0.2, 0.25) is 0 Å². The molecule has 2 aromatic rings. The predicted molar refractivity (Wildman–Crippen MR) is 94.8 cm³/mol. The molecule has 0 bridgehead atoms. The van der Waals surface area contributed by atoms with Crippen LogP contribution < -0.4 is 11.1 Å². The molecular weight excluding hydrogens is 343 g/mol. The number of nitrogens with zero attached hydrogens (tertiary/aromatic N) is 2. The lowest BCUT2D eigenvalue weighted by molar-refractivity contribution is -0.120. The van der Waals surface area contributed by atoms with Crippen molar-refractivity contribution in [2.45, 2.75) is 25.8 Å². The van der Waals surface area contributed by atoms with Crippen LogP contribution in [0.25, 0.3) is 10.6 Å². The number of hydrogen-bond donors (Lipinski definition) is 2. The highest BCUT2D eigenvalue weighted by molar-refractivity contribution is 7.13. The number of thiazole rings is 1. The third-order valence-corrected chi connectivity index (χ3v) is 3.66. The minimum Gasteiger partial charge on any atom is -0.356 e. The SMILES string of the molecule is CC(N)CCNC(=O)Cc1csc(-c2cccnc2)n1.Cl.Cl. The van der Waals surface area contributed by atoms with Crippen molar-refractivity contribution in [2.75, 3.05) is 6.54 Å². The third kappa shape index (κ3) is 6.70. The first-order chi connectivity index (χ1) is 9.65. The standard InChI is InChI=1S/C14H18N4OS.2ClH/c1-10(15)4-6-17-13(19)7-12-9-20-14(18-12)11-3-2-5-16-8-11;;/h2-3,5,8-10H,4,6-7,15H2,1H3,(H,17,19);2*1H. The number of pyridine rings is 1. The van der Waals surface area contributed by atoms with Gasteiger partial charge in [-0.25, -0.2) is 4.98 Å². The quantitative estimate of drug-likeness (QED) is 0.826. The Morgan fingerprint density at radius 2 is 2.23 bits per heavy atom. The van der Waals surface area contributed by atoms with E-state index in [2.05, 4.69) is 15.3 Å². The Morgan fingerprint density at radius 1 is 1.45 bits per heavy atom. The maximum absolute atomic E-state index is 11.7. The molecule has 0 aliphatic carbocycles. The molecule has 5 nitrogen and oxygen atoms in total. The zero-order valence-corrected chi connectivity index (χ0v) is 14.6. The lowest BCUT2D eigenvalue weighted by Crippen LogP contribution is -2.30. The average Bonchev–Trinajstić information content (AvgIpc) is 2.88. The maximum Gasteiger partial charge on any atom is 0.226 e. The zero-order chi connectivity index (χ0) is 14.4. The molecule has 1 unspecified atom stereocenters. The van der Waals surface area contributed by atoms with Crippen molar-refractivity contribution in [3.8, 4) is 10.6 Å². The number of rotatable bonds is 6. The number of nitrogens with one attached hydrogen (secondary N) is 1. The van der Waals surface area contributed by atoms with Crippen LogP contribution in [0.1, 0.15) is 19.0 Å². The summed E-state index contributed by atoms with van der Waals surface area (Å²) < 4.78 is 0.